The molecule has 0 spiro atoms. The second-order valence-electron chi connectivity index (χ2n) is 3.49. The van der Waals surface area contributed by atoms with Gasteiger partial charge in [-0.15, -0.1) is 0 Å². The van der Waals surface area contributed by atoms with Crippen molar-refractivity contribution in [2.24, 2.45) is 0 Å². The Hall–Kier alpha value is -0.0800. The van der Waals surface area contributed by atoms with Crippen LogP contribution in [0.25, 0.3) is 0 Å². The largest absolute Gasteiger partial charge is 0.313 e. The number of nitrogens with one attached hydrogen (secondary N) is 2. The fourth-order valence-electron chi connectivity index (χ4n) is 1.10. The summed E-state index contributed by atoms with van der Waals surface area (Å²) >= 11 is 0. The van der Waals surface area contributed by atoms with Crippen LogP contribution in [0.2, 0.25) is 0 Å². The fraction of sp³-hybridized carbons (Fsp3) is 1.00. The first kappa shape index (κ1) is 11.9. The van der Waals surface area contributed by atoms with E-state index in [1.807, 2.05) is 0 Å². The van der Waals surface area contributed by atoms with Crippen molar-refractivity contribution in [3.05, 3.63) is 0 Å². The van der Waals surface area contributed by atoms with E-state index in [0.29, 0.717) is 12.1 Å². The van der Waals surface area contributed by atoms with Crippen molar-refractivity contribution in [1.82, 2.24) is 10.6 Å². The summed E-state index contributed by atoms with van der Waals surface area (Å²) in [5.41, 5.74) is 0. The molecule has 0 aromatic heterocycles. The molecule has 0 fully saturated rings. The maximum absolute atomic E-state index is 3.48. The van der Waals surface area contributed by atoms with Crippen molar-refractivity contribution in [3.8, 4) is 0 Å². The van der Waals surface area contributed by atoms with Gasteiger partial charge in [0.1, 0.15) is 0 Å². The quantitative estimate of drug-likeness (QED) is 0.611. The molecule has 0 aromatic carbocycles. The van der Waals surface area contributed by atoms with Crippen LogP contribution in [0, 0.1) is 0 Å². The van der Waals surface area contributed by atoms with Crippen molar-refractivity contribution in [1.29, 1.82) is 0 Å². The van der Waals surface area contributed by atoms with E-state index in [9.17, 15) is 0 Å². The van der Waals surface area contributed by atoms with Gasteiger partial charge < -0.3 is 10.6 Å². The van der Waals surface area contributed by atoms with E-state index >= 15 is 0 Å². The van der Waals surface area contributed by atoms with Crippen molar-refractivity contribution in [3.63, 3.8) is 0 Å². The van der Waals surface area contributed by atoms with Crippen molar-refractivity contribution >= 4 is 0 Å². The van der Waals surface area contributed by atoms with Gasteiger partial charge in [-0.1, -0.05) is 13.8 Å². The Morgan fingerprint density at radius 3 is 1.42 bits per heavy atom. The minimum Gasteiger partial charge on any atom is -0.313 e. The normalized spacial score (nSPS) is 16.0. The molecule has 12 heavy (non-hydrogen) atoms. The van der Waals surface area contributed by atoms with Crippen molar-refractivity contribution in [2.45, 2.75) is 52.6 Å². The Balaban J connectivity index is 3.39. The summed E-state index contributed by atoms with van der Waals surface area (Å²) in [4.78, 5) is 0. The minimum absolute atomic E-state index is 0.580. The molecule has 74 valence electrons. The molecular formula is C10H24N2. The molecule has 0 saturated heterocycles. The molecule has 0 radical (unpaired) electrons. The fourth-order valence-corrected chi connectivity index (χ4v) is 1.10. The van der Waals surface area contributed by atoms with Gasteiger partial charge in [0.05, 0.1) is 0 Å². The summed E-state index contributed by atoms with van der Waals surface area (Å²) in [6, 6.07) is 1.16. The van der Waals surface area contributed by atoms with Gasteiger partial charge in [0, 0.05) is 12.1 Å². The van der Waals surface area contributed by atoms with Gasteiger partial charge in [-0.05, 0) is 39.8 Å². The summed E-state index contributed by atoms with van der Waals surface area (Å²) in [5, 5.41) is 6.96. The maximum Gasteiger partial charge on any atom is 0.0190 e. The highest BCUT2D eigenvalue weighted by Crippen LogP contribution is 1.91. The van der Waals surface area contributed by atoms with Gasteiger partial charge in [-0.2, -0.15) is 0 Å². The lowest BCUT2D eigenvalue weighted by atomic mass is 10.1. The van der Waals surface area contributed by atoms with Crippen LogP contribution in [0.1, 0.15) is 40.5 Å². The molecule has 0 bridgehead atoms. The van der Waals surface area contributed by atoms with E-state index in [1.165, 1.54) is 12.8 Å². The second-order valence-corrected chi connectivity index (χ2v) is 3.49. The highest BCUT2D eigenvalue weighted by atomic mass is 15.0. The zero-order chi connectivity index (χ0) is 9.40. The van der Waals surface area contributed by atoms with Gasteiger partial charge in [0.2, 0.25) is 0 Å². The summed E-state index contributed by atoms with van der Waals surface area (Å²) in [7, 11) is 0. The number of hydrogen-bond donors (Lipinski definition) is 2. The monoisotopic (exact) mass is 172 g/mol. The molecule has 0 heterocycles. The lowest BCUT2D eigenvalue weighted by Crippen LogP contribution is -2.44. The zero-order valence-electron chi connectivity index (χ0n) is 8.98. The van der Waals surface area contributed by atoms with E-state index in [-0.39, 0.29) is 0 Å². The van der Waals surface area contributed by atoms with Gasteiger partial charge in [0.25, 0.3) is 0 Å². The van der Waals surface area contributed by atoms with Crippen molar-refractivity contribution in [2.75, 3.05) is 13.1 Å². The molecule has 2 nitrogen and oxygen atoms in total. The highest BCUT2D eigenvalue weighted by Gasteiger charge is 2.08. The van der Waals surface area contributed by atoms with Crippen LogP contribution >= 0.6 is 0 Å². The summed E-state index contributed by atoms with van der Waals surface area (Å²) in [5.74, 6) is 0. The molecule has 2 unspecified atom stereocenters. The summed E-state index contributed by atoms with van der Waals surface area (Å²) in [6.45, 7) is 11.1. The Morgan fingerprint density at radius 1 is 0.833 bits per heavy atom. The predicted octanol–water partition coefficient (Wildman–Crippen LogP) is 1.76. The van der Waals surface area contributed by atoms with Gasteiger partial charge in [-0.25, -0.2) is 0 Å². The number of rotatable bonds is 7. The van der Waals surface area contributed by atoms with E-state index in [1.54, 1.807) is 0 Å². The molecule has 2 atom stereocenters. The van der Waals surface area contributed by atoms with Crippen molar-refractivity contribution < 1.29 is 0 Å². The standard InChI is InChI=1S/C10H24N2/c1-5-7-11-9(3)10(4)12-8-6-2/h9-12H,5-8H2,1-4H3. The molecule has 0 aliphatic carbocycles. The number of hydrogen-bond acceptors (Lipinski definition) is 2. The van der Waals surface area contributed by atoms with E-state index in [0.717, 1.165) is 13.1 Å². The highest BCUT2D eigenvalue weighted by molar-refractivity contribution is 4.73. The molecule has 0 aliphatic heterocycles. The van der Waals surface area contributed by atoms with Crippen LogP contribution in [0.15, 0.2) is 0 Å². The van der Waals surface area contributed by atoms with Gasteiger partial charge >= 0.3 is 0 Å². The smallest absolute Gasteiger partial charge is 0.0190 e. The molecule has 0 rings (SSSR count). The minimum atomic E-state index is 0.580. The Bertz CT molecular complexity index is 81.8. The Labute approximate surface area is 77.1 Å². The lowest BCUT2D eigenvalue weighted by molar-refractivity contribution is 0.410. The third-order valence-corrected chi connectivity index (χ3v) is 2.18. The van der Waals surface area contributed by atoms with Crippen LogP contribution in [0.3, 0.4) is 0 Å². The molecule has 0 saturated carbocycles. The van der Waals surface area contributed by atoms with Crippen LogP contribution in [-0.4, -0.2) is 25.2 Å². The molecule has 0 aromatic rings. The molecule has 2 N–H and O–H groups in total. The lowest BCUT2D eigenvalue weighted by Gasteiger charge is -2.22. The third kappa shape index (κ3) is 5.56. The van der Waals surface area contributed by atoms with Crippen LogP contribution < -0.4 is 10.6 Å². The topological polar surface area (TPSA) is 24.1 Å². The second kappa shape index (κ2) is 7.56. The molecule has 0 aliphatic rings. The van der Waals surface area contributed by atoms with Crippen LogP contribution in [0.5, 0.6) is 0 Å². The Kier molecular flexibility index (Phi) is 7.51. The average molecular weight is 172 g/mol. The maximum atomic E-state index is 3.48. The third-order valence-electron chi connectivity index (χ3n) is 2.18. The SMILES string of the molecule is CCCNC(C)C(C)NCCC. The first-order valence-corrected chi connectivity index (χ1v) is 5.19. The van der Waals surface area contributed by atoms with Crippen LogP contribution in [0.4, 0.5) is 0 Å². The molecule has 0 amide bonds. The molecule has 2 heteroatoms. The average Bonchev–Trinajstić information content (AvgIpc) is 2.10. The van der Waals surface area contributed by atoms with E-state index in [4.69, 9.17) is 0 Å². The summed E-state index contributed by atoms with van der Waals surface area (Å²) < 4.78 is 0. The summed E-state index contributed by atoms with van der Waals surface area (Å²) in [6.07, 6.45) is 2.43. The first-order valence-electron chi connectivity index (χ1n) is 5.19. The molecular weight excluding hydrogens is 148 g/mol. The van der Waals surface area contributed by atoms with E-state index in [2.05, 4.69) is 38.3 Å². The predicted molar refractivity (Wildman–Crippen MR) is 55.5 cm³/mol. The Morgan fingerprint density at radius 2 is 1.17 bits per heavy atom. The van der Waals surface area contributed by atoms with Crippen LogP contribution in [-0.2, 0) is 0 Å². The first-order chi connectivity index (χ1) is 5.72. The van der Waals surface area contributed by atoms with Gasteiger partial charge in [0.15, 0.2) is 0 Å². The van der Waals surface area contributed by atoms with Gasteiger partial charge in [-0.3, -0.25) is 0 Å². The zero-order valence-corrected chi connectivity index (χ0v) is 8.98. The van der Waals surface area contributed by atoms with E-state index < -0.39 is 0 Å².